The van der Waals surface area contributed by atoms with Crippen LogP contribution in [0.3, 0.4) is 0 Å². The number of rotatable bonds is 3. The average Bonchev–Trinajstić information content (AvgIpc) is 2.73. The van der Waals surface area contributed by atoms with E-state index in [1.54, 1.807) is 11.8 Å². The minimum absolute atomic E-state index is 0.741. The van der Waals surface area contributed by atoms with Gasteiger partial charge in [0.05, 0.1) is 10.7 Å². The fraction of sp³-hybridized carbons (Fsp3) is 0.214. The van der Waals surface area contributed by atoms with Crippen LogP contribution in [0.1, 0.15) is 13.8 Å². The number of fused-ring (bicyclic) bond motifs is 1. The molecule has 2 rings (SSSR count). The summed E-state index contributed by atoms with van der Waals surface area (Å²) in [6.07, 6.45) is 4.75. The van der Waals surface area contributed by atoms with Crippen molar-refractivity contribution in [1.29, 1.82) is 0 Å². The molecule has 1 aromatic carbocycles. The van der Waals surface area contributed by atoms with Crippen LogP contribution in [0, 0.1) is 0 Å². The fourth-order valence-electron chi connectivity index (χ4n) is 1.75. The number of aldehydes is 1. The van der Waals surface area contributed by atoms with Gasteiger partial charge >= 0.3 is 0 Å². The molecule has 0 bridgehead atoms. The highest BCUT2D eigenvalue weighted by Gasteiger charge is 2.22. The Morgan fingerprint density at radius 3 is 2.88 bits per heavy atom. The number of carbonyl (C=O) groups is 1. The molecular weight excluding hydrogens is 230 g/mol. The molecule has 88 valence electrons. The van der Waals surface area contributed by atoms with Gasteiger partial charge in [0, 0.05) is 11.4 Å². The van der Waals surface area contributed by atoms with Crippen molar-refractivity contribution in [2.45, 2.75) is 18.7 Å². The molecule has 0 radical (unpaired) electrons. The highest BCUT2D eigenvalue weighted by Crippen LogP contribution is 2.45. The fourth-order valence-corrected chi connectivity index (χ4v) is 2.87. The zero-order chi connectivity index (χ0) is 12.3. The highest BCUT2D eigenvalue weighted by atomic mass is 32.2. The summed E-state index contributed by atoms with van der Waals surface area (Å²) in [4.78, 5) is 14.1. The standard InChI is InChI=1S/C14H15NOS/c1-3-15-12-6-4-5-7-13(12)17-14(15)9-8-11(2)10-16/h4-10H,3H2,1-2H3/b11-8+,14-9-. The highest BCUT2D eigenvalue weighted by molar-refractivity contribution is 8.03. The number of anilines is 1. The predicted molar refractivity (Wildman–Crippen MR) is 73.2 cm³/mol. The Morgan fingerprint density at radius 2 is 2.18 bits per heavy atom. The van der Waals surface area contributed by atoms with Crippen LogP contribution in [-0.2, 0) is 4.79 Å². The van der Waals surface area contributed by atoms with Gasteiger partial charge in [-0.15, -0.1) is 0 Å². The monoisotopic (exact) mass is 245 g/mol. The average molecular weight is 245 g/mol. The van der Waals surface area contributed by atoms with Crippen LogP contribution in [0.25, 0.3) is 0 Å². The molecule has 0 aromatic heterocycles. The van der Waals surface area contributed by atoms with Gasteiger partial charge in [-0.25, -0.2) is 0 Å². The lowest BCUT2D eigenvalue weighted by Crippen LogP contribution is -2.16. The van der Waals surface area contributed by atoms with Gasteiger partial charge in [-0.2, -0.15) is 0 Å². The predicted octanol–water partition coefficient (Wildman–Crippen LogP) is 3.61. The maximum absolute atomic E-state index is 10.6. The van der Waals surface area contributed by atoms with Gasteiger partial charge in [-0.3, -0.25) is 4.79 Å². The summed E-state index contributed by atoms with van der Waals surface area (Å²) in [5.41, 5.74) is 1.99. The number of thioether (sulfide) groups is 1. The Balaban J connectivity index is 2.32. The van der Waals surface area contributed by atoms with E-state index in [2.05, 4.69) is 36.1 Å². The van der Waals surface area contributed by atoms with E-state index in [1.165, 1.54) is 15.6 Å². The first kappa shape index (κ1) is 12.0. The first-order valence-corrected chi connectivity index (χ1v) is 6.46. The second-order valence-corrected chi connectivity index (χ2v) is 4.91. The lowest BCUT2D eigenvalue weighted by molar-refractivity contribution is -0.104. The lowest BCUT2D eigenvalue weighted by atomic mass is 10.3. The molecule has 0 saturated carbocycles. The normalized spacial score (nSPS) is 17.4. The molecule has 1 heterocycles. The first-order valence-electron chi connectivity index (χ1n) is 5.64. The van der Waals surface area contributed by atoms with Gasteiger partial charge in [-0.1, -0.05) is 30.0 Å². The van der Waals surface area contributed by atoms with Crippen molar-refractivity contribution in [3.63, 3.8) is 0 Å². The van der Waals surface area contributed by atoms with Crippen molar-refractivity contribution in [3.05, 3.63) is 47.0 Å². The lowest BCUT2D eigenvalue weighted by Gasteiger charge is -2.17. The van der Waals surface area contributed by atoms with E-state index in [-0.39, 0.29) is 0 Å². The number of para-hydroxylation sites is 1. The molecular formula is C14H15NOS. The van der Waals surface area contributed by atoms with Crippen LogP contribution in [0.4, 0.5) is 5.69 Å². The summed E-state index contributed by atoms with van der Waals surface area (Å²) in [5.74, 6) is 0. The summed E-state index contributed by atoms with van der Waals surface area (Å²) >= 11 is 1.75. The number of nitrogens with zero attached hydrogens (tertiary/aromatic N) is 1. The van der Waals surface area contributed by atoms with Crippen molar-refractivity contribution in [2.24, 2.45) is 0 Å². The Morgan fingerprint density at radius 1 is 1.41 bits per heavy atom. The second kappa shape index (κ2) is 5.23. The van der Waals surface area contributed by atoms with Gasteiger partial charge in [0.1, 0.15) is 6.29 Å². The number of hydrogen-bond acceptors (Lipinski definition) is 3. The van der Waals surface area contributed by atoms with Crippen LogP contribution in [0.5, 0.6) is 0 Å². The summed E-state index contributed by atoms with van der Waals surface area (Å²) < 4.78 is 0. The molecule has 0 N–H and O–H groups in total. The van der Waals surface area contributed by atoms with Gasteiger partial charge in [0.25, 0.3) is 0 Å². The number of carbonyl (C=O) groups excluding carboxylic acids is 1. The van der Waals surface area contributed by atoms with E-state index >= 15 is 0 Å². The molecule has 0 spiro atoms. The zero-order valence-electron chi connectivity index (χ0n) is 10.0. The van der Waals surface area contributed by atoms with Crippen molar-refractivity contribution < 1.29 is 4.79 Å². The minimum atomic E-state index is 0.741. The molecule has 0 unspecified atom stereocenters. The largest absolute Gasteiger partial charge is 0.335 e. The summed E-state index contributed by atoms with van der Waals surface area (Å²) in [6.45, 7) is 4.88. The smallest absolute Gasteiger partial charge is 0.145 e. The van der Waals surface area contributed by atoms with Gasteiger partial charge < -0.3 is 4.90 Å². The van der Waals surface area contributed by atoms with Crippen LogP contribution in [-0.4, -0.2) is 12.8 Å². The van der Waals surface area contributed by atoms with Gasteiger partial charge in [-0.05, 0) is 37.6 Å². The molecule has 1 aliphatic heterocycles. The second-order valence-electron chi connectivity index (χ2n) is 3.85. The van der Waals surface area contributed by atoms with E-state index in [1.807, 2.05) is 19.1 Å². The third-order valence-electron chi connectivity index (χ3n) is 2.63. The van der Waals surface area contributed by atoms with E-state index in [0.717, 1.165) is 18.4 Å². The third kappa shape index (κ3) is 2.44. The van der Waals surface area contributed by atoms with Crippen molar-refractivity contribution in [2.75, 3.05) is 11.4 Å². The van der Waals surface area contributed by atoms with Gasteiger partial charge in [0.2, 0.25) is 0 Å². The van der Waals surface area contributed by atoms with Crippen LogP contribution in [0.2, 0.25) is 0 Å². The molecule has 3 heteroatoms. The third-order valence-corrected chi connectivity index (χ3v) is 3.76. The molecule has 0 fully saturated rings. The van der Waals surface area contributed by atoms with E-state index in [4.69, 9.17) is 0 Å². The van der Waals surface area contributed by atoms with Crippen LogP contribution >= 0.6 is 11.8 Å². The summed E-state index contributed by atoms with van der Waals surface area (Å²) in [5, 5.41) is 1.18. The SMILES string of the molecule is CCN1/C(=C/C=C(\C)C=O)Sc2ccccc21. The Bertz CT molecular complexity index is 491. The molecule has 2 nitrogen and oxygen atoms in total. The topological polar surface area (TPSA) is 20.3 Å². The van der Waals surface area contributed by atoms with E-state index in [0.29, 0.717) is 0 Å². The molecule has 17 heavy (non-hydrogen) atoms. The van der Waals surface area contributed by atoms with Crippen LogP contribution in [0.15, 0.2) is 51.9 Å². The maximum atomic E-state index is 10.6. The van der Waals surface area contributed by atoms with Gasteiger partial charge in [0.15, 0.2) is 0 Å². The first-order chi connectivity index (χ1) is 8.26. The molecule has 0 atom stereocenters. The Labute approximate surface area is 106 Å². The van der Waals surface area contributed by atoms with Crippen molar-refractivity contribution >= 4 is 23.7 Å². The molecule has 1 aromatic rings. The number of allylic oxidation sites excluding steroid dienone is 3. The molecule has 0 amide bonds. The Hall–Kier alpha value is -1.48. The number of hydrogen-bond donors (Lipinski definition) is 0. The minimum Gasteiger partial charge on any atom is -0.335 e. The van der Waals surface area contributed by atoms with E-state index in [9.17, 15) is 4.79 Å². The summed E-state index contributed by atoms with van der Waals surface area (Å²) in [7, 11) is 0. The number of benzene rings is 1. The summed E-state index contributed by atoms with van der Waals surface area (Å²) in [6, 6.07) is 8.36. The molecule has 0 saturated heterocycles. The molecule has 1 aliphatic rings. The van der Waals surface area contributed by atoms with E-state index < -0.39 is 0 Å². The Kier molecular flexibility index (Phi) is 3.69. The van der Waals surface area contributed by atoms with Crippen LogP contribution < -0.4 is 4.90 Å². The quantitative estimate of drug-likeness (QED) is 0.599. The maximum Gasteiger partial charge on any atom is 0.145 e. The zero-order valence-corrected chi connectivity index (χ0v) is 10.8. The molecule has 0 aliphatic carbocycles. The van der Waals surface area contributed by atoms with Crippen molar-refractivity contribution in [3.8, 4) is 0 Å². The van der Waals surface area contributed by atoms with Crippen molar-refractivity contribution in [1.82, 2.24) is 0 Å².